The first kappa shape index (κ1) is 18.8. The second-order valence-corrected chi connectivity index (χ2v) is 9.41. The monoisotopic (exact) mass is 443 g/mol. The molecule has 162 valence electrons. The van der Waals surface area contributed by atoms with Crippen molar-refractivity contribution in [3.05, 3.63) is 121 Å². The fourth-order valence-electron chi connectivity index (χ4n) is 5.98. The summed E-state index contributed by atoms with van der Waals surface area (Å²) in [6, 6.07) is 44.2. The van der Waals surface area contributed by atoms with Crippen LogP contribution in [0.25, 0.3) is 76.0 Å². The van der Waals surface area contributed by atoms with Crippen LogP contribution in [0, 0.1) is 0 Å². The average Bonchev–Trinajstić information content (AvgIpc) is 3.32. The third-order valence-electron chi connectivity index (χ3n) is 7.59. The Hall–Kier alpha value is -4.62. The molecule has 8 aromatic rings. The van der Waals surface area contributed by atoms with Crippen LogP contribution in [-0.4, -0.2) is 4.98 Å². The molecule has 1 nitrogen and oxygen atoms in total. The number of rotatable bonds is 1. The quantitative estimate of drug-likeness (QED) is 0.243. The highest BCUT2D eigenvalue weighted by Gasteiger charge is 2.14. The molecule has 0 aliphatic carbocycles. The van der Waals surface area contributed by atoms with E-state index in [0.29, 0.717) is 0 Å². The van der Waals surface area contributed by atoms with Crippen molar-refractivity contribution in [2.45, 2.75) is 0 Å². The third kappa shape index (κ3) is 2.58. The summed E-state index contributed by atoms with van der Waals surface area (Å²) in [4.78, 5) is 3.80. The van der Waals surface area contributed by atoms with Crippen molar-refractivity contribution >= 4 is 64.9 Å². The van der Waals surface area contributed by atoms with Gasteiger partial charge in [-0.2, -0.15) is 0 Å². The van der Waals surface area contributed by atoms with Gasteiger partial charge in [0.05, 0.1) is 11.0 Å². The molecule has 0 radical (unpaired) electrons. The normalized spacial score (nSPS) is 12.0. The summed E-state index contributed by atoms with van der Waals surface area (Å²) in [6.07, 6.45) is 0. The standard InChI is InChI=1S/C34H21N/c1-2-9-23-21(8-1)16-19-31-30-15-7-14-24(34(30)35-33(23)31)22-17-18-29-27-12-4-3-10-25(27)26-11-5-6-13-28(26)32(29)20-22/h1-20,35H. The second kappa shape index (κ2) is 6.94. The Morgan fingerprint density at radius 1 is 0.343 bits per heavy atom. The van der Waals surface area contributed by atoms with Crippen molar-refractivity contribution in [3.8, 4) is 11.1 Å². The lowest BCUT2D eigenvalue weighted by Gasteiger charge is -2.12. The zero-order chi connectivity index (χ0) is 22.9. The molecule has 0 atom stereocenters. The van der Waals surface area contributed by atoms with Gasteiger partial charge >= 0.3 is 0 Å². The Bertz CT molecular complexity index is 2070. The van der Waals surface area contributed by atoms with Crippen molar-refractivity contribution in [1.82, 2.24) is 4.98 Å². The van der Waals surface area contributed by atoms with Crippen LogP contribution < -0.4 is 0 Å². The molecule has 0 bridgehead atoms. The van der Waals surface area contributed by atoms with Crippen molar-refractivity contribution < 1.29 is 0 Å². The maximum absolute atomic E-state index is 3.80. The van der Waals surface area contributed by atoms with E-state index in [1.165, 1.54) is 76.0 Å². The molecule has 0 unspecified atom stereocenters. The number of H-pyrrole nitrogens is 1. The fraction of sp³-hybridized carbons (Fsp3) is 0. The minimum absolute atomic E-state index is 1.20. The molecule has 1 heteroatoms. The number of fused-ring (bicyclic) bond motifs is 11. The molecule has 0 aliphatic heterocycles. The number of para-hydroxylation sites is 1. The Kier molecular flexibility index (Phi) is 3.72. The van der Waals surface area contributed by atoms with Gasteiger partial charge in [-0.1, -0.05) is 115 Å². The predicted molar refractivity (Wildman–Crippen MR) is 151 cm³/mol. The highest BCUT2D eigenvalue weighted by atomic mass is 14.7. The lowest BCUT2D eigenvalue weighted by Crippen LogP contribution is -1.85. The molecule has 0 spiro atoms. The number of nitrogens with one attached hydrogen (secondary N) is 1. The minimum Gasteiger partial charge on any atom is -0.353 e. The van der Waals surface area contributed by atoms with Gasteiger partial charge in [0, 0.05) is 21.7 Å². The third-order valence-corrected chi connectivity index (χ3v) is 7.59. The number of benzene rings is 7. The van der Waals surface area contributed by atoms with Gasteiger partial charge in [-0.3, -0.25) is 0 Å². The van der Waals surface area contributed by atoms with Crippen LogP contribution in [0.2, 0.25) is 0 Å². The molecule has 1 heterocycles. The highest BCUT2D eigenvalue weighted by molar-refractivity contribution is 6.26. The molecule has 0 saturated heterocycles. The molecule has 1 aromatic heterocycles. The molecule has 0 fully saturated rings. The van der Waals surface area contributed by atoms with Crippen LogP contribution in [0.4, 0.5) is 0 Å². The van der Waals surface area contributed by atoms with Gasteiger partial charge in [0.2, 0.25) is 0 Å². The molecule has 7 aromatic carbocycles. The van der Waals surface area contributed by atoms with Crippen LogP contribution in [0.15, 0.2) is 121 Å². The SMILES string of the molecule is c1ccc2c(c1)ccc1c3cccc(-c4ccc5c6ccccc6c6ccccc6c5c4)c3[nH]c21. The first-order valence-corrected chi connectivity index (χ1v) is 12.1. The van der Waals surface area contributed by atoms with E-state index in [9.17, 15) is 0 Å². The van der Waals surface area contributed by atoms with Crippen LogP contribution in [0.5, 0.6) is 0 Å². The molecule has 0 amide bonds. The molecule has 8 rings (SSSR count). The summed E-state index contributed by atoms with van der Waals surface area (Å²) in [5, 5.41) is 12.9. The van der Waals surface area contributed by atoms with Gasteiger partial charge < -0.3 is 4.98 Å². The van der Waals surface area contributed by atoms with E-state index >= 15 is 0 Å². The van der Waals surface area contributed by atoms with Crippen LogP contribution in [-0.2, 0) is 0 Å². The topological polar surface area (TPSA) is 15.8 Å². The largest absolute Gasteiger partial charge is 0.353 e. The molecule has 0 saturated carbocycles. The molecule has 35 heavy (non-hydrogen) atoms. The van der Waals surface area contributed by atoms with E-state index in [2.05, 4.69) is 126 Å². The van der Waals surface area contributed by atoms with Gasteiger partial charge in [-0.25, -0.2) is 0 Å². The maximum atomic E-state index is 3.80. The first-order valence-electron chi connectivity index (χ1n) is 12.1. The van der Waals surface area contributed by atoms with Crippen molar-refractivity contribution in [2.24, 2.45) is 0 Å². The Labute approximate surface area is 202 Å². The van der Waals surface area contributed by atoms with Gasteiger partial charge in [-0.15, -0.1) is 0 Å². The summed E-state index contributed by atoms with van der Waals surface area (Å²) in [5.41, 5.74) is 4.88. The van der Waals surface area contributed by atoms with Crippen LogP contribution in [0.1, 0.15) is 0 Å². The van der Waals surface area contributed by atoms with Gasteiger partial charge in [0.15, 0.2) is 0 Å². The smallest absolute Gasteiger partial charge is 0.0544 e. The predicted octanol–water partition coefficient (Wildman–Crippen LogP) is 9.60. The van der Waals surface area contributed by atoms with E-state index in [1.807, 2.05) is 0 Å². The summed E-state index contributed by atoms with van der Waals surface area (Å²) < 4.78 is 0. The van der Waals surface area contributed by atoms with E-state index in [0.717, 1.165) is 0 Å². The van der Waals surface area contributed by atoms with Crippen LogP contribution in [0.3, 0.4) is 0 Å². The highest BCUT2D eigenvalue weighted by Crippen LogP contribution is 2.40. The lowest BCUT2D eigenvalue weighted by molar-refractivity contribution is 1.55. The summed E-state index contributed by atoms with van der Waals surface area (Å²) in [6.45, 7) is 0. The van der Waals surface area contributed by atoms with E-state index < -0.39 is 0 Å². The summed E-state index contributed by atoms with van der Waals surface area (Å²) in [7, 11) is 0. The molecular formula is C34H21N. The summed E-state index contributed by atoms with van der Waals surface area (Å²) >= 11 is 0. The second-order valence-electron chi connectivity index (χ2n) is 9.41. The minimum atomic E-state index is 1.20. The van der Waals surface area contributed by atoms with Crippen molar-refractivity contribution in [2.75, 3.05) is 0 Å². The fourth-order valence-corrected chi connectivity index (χ4v) is 5.98. The van der Waals surface area contributed by atoms with E-state index in [4.69, 9.17) is 0 Å². The first-order chi connectivity index (χ1) is 17.4. The Morgan fingerprint density at radius 2 is 0.886 bits per heavy atom. The van der Waals surface area contributed by atoms with E-state index in [1.54, 1.807) is 0 Å². The Morgan fingerprint density at radius 3 is 1.63 bits per heavy atom. The van der Waals surface area contributed by atoms with Crippen LogP contribution >= 0.6 is 0 Å². The maximum Gasteiger partial charge on any atom is 0.0544 e. The number of hydrogen-bond donors (Lipinski definition) is 1. The van der Waals surface area contributed by atoms with Gasteiger partial charge in [-0.05, 0) is 49.3 Å². The number of aromatic amines is 1. The van der Waals surface area contributed by atoms with Gasteiger partial charge in [0.1, 0.15) is 0 Å². The lowest BCUT2D eigenvalue weighted by atomic mass is 9.91. The van der Waals surface area contributed by atoms with Gasteiger partial charge in [0.25, 0.3) is 0 Å². The Balaban J connectivity index is 1.47. The molecule has 1 N–H and O–H groups in total. The zero-order valence-electron chi connectivity index (χ0n) is 19.0. The number of aromatic nitrogens is 1. The van der Waals surface area contributed by atoms with Crippen molar-refractivity contribution in [3.63, 3.8) is 0 Å². The molecule has 0 aliphatic rings. The summed E-state index contributed by atoms with van der Waals surface area (Å²) in [5.74, 6) is 0. The zero-order valence-corrected chi connectivity index (χ0v) is 19.0. The number of hydrogen-bond acceptors (Lipinski definition) is 0. The van der Waals surface area contributed by atoms with E-state index in [-0.39, 0.29) is 0 Å². The molecular weight excluding hydrogens is 422 g/mol. The average molecular weight is 444 g/mol. The van der Waals surface area contributed by atoms with Crippen molar-refractivity contribution in [1.29, 1.82) is 0 Å².